The summed E-state index contributed by atoms with van der Waals surface area (Å²) in [5.41, 5.74) is 5.33. The van der Waals surface area contributed by atoms with Gasteiger partial charge in [0.1, 0.15) is 5.52 Å². The average Bonchev–Trinajstić information content (AvgIpc) is 3.44. The molecule has 0 radical (unpaired) electrons. The lowest BCUT2D eigenvalue weighted by molar-refractivity contribution is 0.120. The minimum Gasteiger partial charge on any atom is -0.423 e. The number of hydrogen-bond acceptors (Lipinski definition) is 6. The van der Waals surface area contributed by atoms with Gasteiger partial charge in [-0.2, -0.15) is 10.1 Å². The van der Waals surface area contributed by atoms with Gasteiger partial charge in [0.15, 0.2) is 5.58 Å². The van der Waals surface area contributed by atoms with E-state index in [0.29, 0.717) is 11.9 Å². The van der Waals surface area contributed by atoms with Gasteiger partial charge in [0.05, 0.1) is 24.4 Å². The Morgan fingerprint density at radius 1 is 0.933 bits per heavy atom. The third kappa shape index (κ3) is 3.10. The number of fused-ring (bicyclic) bond motifs is 2. The highest BCUT2D eigenvalue weighted by Crippen LogP contribution is 2.34. The molecule has 0 unspecified atom stereocenters. The number of nitrogens with zero attached hydrogens (tertiary/aromatic N) is 4. The number of para-hydroxylation sites is 1. The molecular weight excluding hydrogens is 378 g/mol. The number of morpholine rings is 1. The van der Waals surface area contributed by atoms with Gasteiger partial charge in [-0.3, -0.25) is 5.10 Å². The second kappa shape index (κ2) is 7.32. The predicted molar refractivity (Wildman–Crippen MR) is 117 cm³/mol. The Morgan fingerprint density at radius 3 is 2.63 bits per heavy atom. The summed E-state index contributed by atoms with van der Waals surface area (Å²) in [6.07, 6.45) is 2.20. The van der Waals surface area contributed by atoms with Crippen LogP contribution in [0.2, 0.25) is 0 Å². The third-order valence-corrected chi connectivity index (χ3v) is 6.39. The summed E-state index contributed by atoms with van der Waals surface area (Å²) >= 11 is 0. The first-order valence-corrected chi connectivity index (χ1v) is 10.8. The molecule has 154 valence electrons. The van der Waals surface area contributed by atoms with Crippen molar-refractivity contribution in [1.29, 1.82) is 0 Å². The van der Waals surface area contributed by atoms with Gasteiger partial charge < -0.3 is 19.0 Å². The van der Waals surface area contributed by atoms with E-state index in [1.165, 1.54) is 16.8 Å². The molecule has 0 atom stereocenters. The van der Waals surface area contributed by atoms with Gasteiger partial charge in [-0.25, -0.2) is 0 Å². The summed E-state index contributed by atoms with van der Waals surface area (Å²) in [4.78, 5) is 9.35. The largest absolute Gasteiger partial charge is 0.423 e. The smallest absolute Gasteiger partial charge is 0.298 e. The number of hydrogen-bond donors (Lipinski definition) is 1. The summed E-state index contributed by atoms with van der Waals surface area (Å²) in [7, 11) is 0. The first kappa shape index (κ1) is 17.8. The Kier molecular flexibility index (Phi) is 4.34. The van der Waals surface area contributed by atoms with Crippen LogP contribution in [0.25, 0.3) is 22.0 Å². The van der Waals surface area contributed by atoms with E-state index in [4.69, 9.17) is 14.1 Å². The standard InChI is InChI=1S/C23H25N5O2/c1-2-4-19-18(3-1)22(26-25-19)16-7-9-27(10-8-16)17-5-6-21-20(15-17)24-23(30-21)28-11-13-29-14-12-28/h1-6,15-16H,7-14H2,(H,25,26). The maximum Gasteiger partial charge on any atom is 0.298 e. The highest BCUT2D eigenvalue weighted by atomic mass is 16.5. The van der Waals surface area contributed by atoms with Gasteiger partial charge >= 0.3 is 0 Å². The Hall–Kier alpha value is -3.06. The molecule has 2 saturated heterocycles. The lowest BCUT2D eigenvalue weighted by Gasteiger charge is -2.33. The Bertz CT molecular complexity index is 1170. The van der Waals surface area contributed by atoms with Gasteiger partial charge in [0, 0.05) is 43.2 Å². The summed E-state index contributed by atoms with van der Waals surface area (Å²) < 4.78 is 11.4. The van der Waals surface area contributed by atoms with E-state index in [2.05, 4.69) is 62.5 Å². The summed E-state index contributed by atoms with van der Waals surface area (Å²) in [6.45, 7) is 5.15. The maximum atomic E-state index is 5.99. The molecule has 0 spiro atoms. The summed E-state index contributed by atoms with van der Waals surface area (Å²) in [6, 6.07) is 15.5. The van der Waals surface area contributed by atoms with Crippen LogP contribution in [-0.2, 0) is 4.74 Å². The molecule has 7 nitrogen and oxygen atoms in total. The van der Waals surface area contributed by atoms with E-state index >= 15 is 0 Å². The molecule has 4 aromatic rings. The first-order chi connectivity index (χ1) is 14.8. The number of benzene rings is 2. The number of ether oxygens (including phenoxy) is 1. The van der Waals surface area contributed by atoms with Crippen molar-refractivity contribution in [3.63, 3.8) is 0 Å². The fourth-order valence-corrected chi connectivity index (χ4v) is 4.70. The van der Waals surface area contributed by atoms with Crippen LogP contribution in [0, 0.1) is 0 Å². The van der Waals surface area contributed by atoms with Gasteiger partial charge in [-0.1, -0.05) is 18.2 Å². The molecule has 2 fully saturated rings. The van der Waals surface area contributed by atoms with Crippen molar-refractivity contribution in [3.05, 3.63) is 48.2 Å². The zero-order valence-corrected chi connectivity index (χ0v) is 16.9. The lowest BCUT2D eigenvalue weighted by Crippen LogP contribution is -2.36. The number of H-pyrrole nitrogens is 1. The van der Waals surface area contributed by atoms with Crippen molar-refractivity contribution in [3.8, 4) is 0 Å². The number of aromatic amines is 1. The Balaban J connectivity index is 1.19. The topological polar surface area (TPSA) is 70.4 Å². The van der Waals surface area contributed by atoms with Crippen LogP contribution in [0.4, 0.5) is 11.7 Å². The zero-order valence-electron chi connectivity index (χ0n) is 16.9. The van der Waals surface area contributed by atoms with Crippen molar-refractivity contribution < 1.29 is 9.15 Å². The second-order valence-corrected chi connectivity index (χ2v) is 8.16. The molecule has 0 bridgehead atoms. The van der Waals surface area contributed by atoms with Gasteiger partial charge in [-0.05, 0) is 37.1 Å². The molecule has 7 heteroatoms. The van der Waals surface area contributed by atoms with E-state index in [1.807, 2.05) is 0 Å². The fraction of sp³-hybridized carbons (Fsp3) is 0.391. The number of nitrogens with one attached hydrogen (secondary N) is 1. The molecule has 0 saturated carbocycles. The predicted octanol–water partition coefficient (Wildman–Crippen LogP) is 3.92. The second-order valence-electron chi connectivity index (χ2n) is 8.16. The number of piperidine rings is 1. The van der Waals surface area contributed by atoms with E-state index < -0.39 is 0 Å². The van der Waals surface area contributed by atoms with Crippen LogP contribution in [0.3, 0.4) is 0 Å². The summed E-state index contributed by atoms with van der Waals surface area (Å²) in [5, 5.41) is 9.07. The van der Waals surface area contributed by atoms with Crippen LogP contribution in [0.15, 0.2) is 46.9 Å². The molecule has 2 aromatic carbocycles. The van der Waals surface area contributed by atoms with E-state index in [-0.39, 0.29) is 0 Å². The lowest BCUT2D eigenvalue weighted by atomic mass is 9.91. The van der Waals surface area contributed by atoms with E-state index in [1.54, 1.807) is 0 Å². The normalized spacial score (nSPS) is 18.5. The number of rotatable bonds is 3. The minimum atomic E-state index is 0.501. The van der Waals surface area contributed by atoms with Gasteiger partial charge in [-0.15, -0.1) is 0 Å². The molecule has 0 aliphatic carbocycles. The van der Waals surface area contributed by atoms with Crippen molar-refractivity contribution in [2.45, 2.75) is 18.8 Å². The highest BCUT2D eigenvalue weighted by Gasteiger charge is 2.25. The molecule has 1 N–H and O–H groups in total. The van der Waals surface area contributed by atoms with Crippen molar-refractivity contribution in [2.24, 2.45) is 0 Å². The fourth-order valence-electron chi connectivity index (χ4n) is 4.70. The van der Waals surface area contributed by atoms with Gasteiger partial charge in [0.2, 0.25) is 0 Å². The SMILES string of the molecule is c1ccc2c(C3CCN(c4ccc5oc(N6CCOCC6)nc5c4)CC3)n[nH]c2c1. The van der Waals surface area contributed by atoms with Crippen molar-refractivity contribution in [2.75, 3.05) is 49.2 Å². The van der Waals surface area contributed by atoms with E-state index in [0.717, 1.165) is 68.9 Å². The van der Waals surface area contributed by atoms with E-state index in [9.17, 15) is 0 Å². The van der Waals surface area contributed by atoms with Crippen molar-refractivity contribution >= 4 is 33.7 Å². The molecule has 2 aromatic heterocycles. The molecule has 2 aliphatic heterocycles. The quantitative estimate of drug-likeness (QED) is 0.559. The molecule has 30 heavy (non-hydrogen) atoms. The molecule has 4 heterocycles. The van der Waals surface area contributed by atoms with Crippen LogP contribution >= 0.6 is 0 Å². The average molecular weight is 403 g/mol. The first-order valence-electron chi connectivity index (χ1n) is 10.8. The third-order valence-electron chi connectivity index (χ3n) is 6.39. The monoisotopic (exact) mass is 403 g/mol. The molecule has 0 amide bonds. The molecule has 6 rings (SSSR count). The highest BCUT2D eigenvalue weighted by molar-refractivity contribution is 5.82. The summed E-state index contributed by atoms with van der Waals surface area (Å²) in [5.74, 6) is 0.501. The van der Waals surface area contributed by atoms with Gasteiger partial charge in [0.25, 0.3) is 6.01 Å². The molecule has 2 aliphatic rings. The van der Waals surface area contributed by atoms with Crippen LogP contribution in [0.1, 0.15) is 24.5 Å². The van der Waals surface area contributed by atoms with Crippen molar-refractivity contribution in [1.82, 2.24) is 15.2 Å². The maximum absolute atomic E-state index is 5.99. The van der Waals surface area contributed by atoms with Crippen LogP contribution < -0.4 is 9.80 Å². The number of oxazole rings is 1. The Morgan fingerprint density at radius 2 is 1.77 bits per heavy atom. The number of aromatic nitrogens is 3. The minimum absolute atomic E-state index is 0.501. The molecular formula is C23H25N5O2. The zero-order chi connectivity index (χ0) is 19.9. The Labute approximate surface area is 174 Å². The number of anilines is 2. The van der Waals surface area contributed by atoms with Crippen LogP contribution in [0.5, 0.6) is 0 Å². The van der Waals surface area contributed by atoms with Crippen LogP contribution in [-0.4, -0.2) is 54.6 Å².